The van der Waals surface area contributed by atoms with Gasteiger partial charge < -0.3 is 4.74 Å². The number of ether oxygens (including phenoxy) is 1. The Labute approximate surface area is 117 Å². The molecule has 20 heavy (non-hydrogen) atoms. The van der Waals surface area contributed by atoms with Gasteiger partial charge in [0.15, 0.2) is 29.0 Å². The third kappa shape index (κ3) is 2.72. The molecule has 0 saturated heterocycles. The van der Waals surface area contributed by atoms with Crippen molar-refractivity contribution in [2.24, 2.45) is 0 Å². The molecule has 2 aromatic carbocycles. The fourth-order valence-electron chi connectivity index (χ4n) is 1.75. The Morgan fingerprint density at radius 2 is 1.45 bits per heavy atom. The lowest BCUT2D eigenvalue weighted by Crippen LogP contribution is -2.00. The Bertz CT molecular complexity index is 622. The molecule has 0 spiro atoms. The summed E-state index contributed by atoms with van der Waals surface area (Å²) in [7, 11) is 1.31. The van der Waals surface area contributed by atoms with Gasteiger partial charge in [-0.3, -0.25) is 0 Å². The van der Waals surface area contributed by atoms with Gasteiger partial charge in [0.1, 0.15) is 0 Å². The quantitative estimate of drug-likeness (QED) is 0.458. The van der Waals surface area contributed by atoms with Crippen LogP contribution in [0.15, 0.2) is 30.3 Å². The van der Waals surface area contributed by atoms with E-state index >= 15 is 0 Å². The number of methoxy groups -OCH3 is 1. The molecule has 1 atom stereocenters. The number of rotatable bonds is 3. The predicted octanol–water partition coefficient (Wildman–Crippen LogP) is 4.58. The van der Waals surface area contributed by atoms with E-state index in [9.17, 15) is 17.6 Å². The second-order valence-corrected chi connectivity index (χ2v) is 4.49. The summed E-state index contributed by atoms with van der Waals surface area (Å²) in [6.07, 6.45) is 0. The molecule has 0 radical (unpaired) electrons. The summed E-state index contributed by atoms with van der Waals surface area (Å²) >= 11 is 6.03. The number of halogens is 5. The van der Waals surface area contributed by atoms with E-state index in [1.165, 1.54) is 19.2 Å². The highest BCUT2D eigenvalue weighted by atomic mass is 35.5. The highest BCUT2D eigenvalue weighted by molar-refractivity contribution is 6.22. The zero-order valence-electron chi connectivity index (χ0n) is 10.3. The molecule has 0 aliphatic heterocycles. The maximum Gasteiger partial charge on any atom is 0.194 e. The minimum Gasteiger partial charge on any atom is -0.494 e. The Hall–Kier alpha value is -1.75. The Morgan fingerprint density at radius 1 is 0.900 bits per heavy atom. The summed E-state index contributed by atoms with van der Waals surface area (Å²) in [4.78, 5) is 0. The molecule has 2 rings (SSSR count). The van der Waals surface area contributed by atoms with Gasteiger partial charge in [-0.25, -0.2) is 17.6 Å². The SMILES string of the molecule is COc1ccc(C(Cl)c2cc(F)c(F)c(F)c2)cc1F. The number of alkyl halides is 1. The molecular weight excluding hydrogens is 296 g/mol. The van der Waals surface area contributed by atoms with Crippen molar-refractivity contribution in [3.63, 3.8) is 0 Å². The first-order chi connectivity index (χ1) is 9.43. The van der Waals surface area contributed by atoms with Crippen LogP contribution in [0.1, 0.15) is 16.5 Å². The molecule has 1 unspecified atom stereocenters. The van der Waals surface area contributed by atoms with Gasteiger partial charge in [0.25, 0.3) is 0 Å². The first-order valence-corrected chi connectivity index (χ1v) is 5.99. The summed E-state index contributed by atoms with van der Waals surface area (Å²) in [6, 6.07) is 5.45. The molecule has 0 amide bonds. The van der Waals surface area contributed by atoms with E-state index in [1.807, 2.05) is 0 Å². The summed E-state index contributed by atoms with van der Waals surface area (Å²) in [5.41, 5.74) is 0.267. The number of benzene rings is 2. The second-order valence-electron chi connectivity index (χ2n) is 4.06. The van der Waals surface area contributed by atoms with E-state index in [1.54, 1.807) is 0 Å². The molecule has 0 N–H and O–H groups in total. The van der Waals surface area contributed by atoms with E-state index in [0.717, 1.165) is 18.2 Å². The van der Waals surface area contributed by atoms with Crippen molar-refractivity contribution in [1.29, 1.82) is 0 Å². The maximum absolute atomic E-state index is 13.6. The van der Waals surface area contributed by atoms with E-state index in [4.69, 9.17) is 16.3 Å². The summed E-state index contributed by atoms with van der Waals surface area (Å²) < 4.78 is 57.5. The standard InChI is InChI=1S/C14H9ClF4O/c1-20-12-3-2-7(4-9(12)16)13(15)8-5-10(17)14(19)11(18)6-8/h2-6,13H,1H3. The van der Waals surface area contributed by atoms with Gasteiger partial charge >= 0.3 is 0 Å². The van der Waals surface area contributed by atoms with Crippen molar-refractivity contribution in [2.45, 2.75) is 5.38 Å². The summed E-state index contributed by atoms with van der Waals surface area (Å²) in [6.45, 7) is 0. The van der Waals surface area contributed by atoms with Gasteiger partial charge in [0.2, 0.25) is 0 Å². The van der Waals surface area contributed by atoms with Crippen molar-refractivity contribution < 1.29 is 22.3 Å². The van der Waals surface area contributed by atoms with E-state index in [-0.39, 0.29) is 16.9 Å². The van der Waals surface area contributed by atoms with Crippen molar-refractivity contribution in [3.05, 3.63) is 64.7 Å². The van der Waals surface area contributed by atoms with Crippen LogP contribution in [-0.2, 0) is 0 Å². The smallest absolute Gasteiger partial charge is 0.194 e. The fraction of sp³-hybridized carbons (Fsp3) is 0.143. The van der Waals surface area contributed by atoms with Gasteiger partial charge in [-0.15, -0.1) is 11.6 Å². The second kappa shape index (κ2) is 5.71. The zero-order valence-corrected chi connectivity index (χ0v) is 11.0. The molecule has 0 saturated carbocycles. The molecule has 0 bridgehead atoms. The molecule has 0 fully saturated rings. The lowest BCUT2D eigenvalue weighted by Gasteiger charge is -2.12. The average Bonchev–Trinajstić information content (AvgIpc) is 2.43. The zero-order chi connectivity index (χ0) is 14.9. The monoisotopic (exact) mass is 304 g/mol. The normalized spacial score (nSPS) is 12.3. The molecular formula is C14H9ClF4O. The predicted molar refractivity (Wildman–Crippen MR) is 67.0 cm³/mol. The van der Waals surface area contributed by atoms with Crippen molar-refractivity contribution in [1.82, 2.24) is 0 Å². The van der Waals surface area contributed by atoms with Crippen LogP contribution in [0.25, 0.3) is 0 Å². The van der Waals surface area contributed by atoms with Crippen LogP contribution in [0.2, 0.25) is 0 Å². The topological polar surface area (TPSA) is 9.23 Å². The average molecular weight is 305 g/mol. The van der Waals surface area contributed by atoms with Gasteiger partial charge in [-0.1, -0.05) is 6.07 Å². The van der Waals surface area contributed by atoms with Gasteiger partial charge in [-0.2, -0.15) is 0 Å². The first-order valence-electron chi connectivity index (χ1n) is 5.56. The van der Waals surface area contributed by atoms with Crippen LogP contribution in [0, 0.1) is 23.3 Å². The highest BCUT2D eigenvalue weighted by Gasteiger charge is 2.18. The lowest BCUT2D eigenvalue weighted by atomic mass is 10.0. The van der Waals surface area contributed by atoms with Gasteiger partial charge in [0, 0.05) is 0 Å². The fourth-order valence-corrected chi connectivity index (χ4v) is 2.02. The molecule has 2 aromatic rings. The molecule has 1 nitrogen and oxygen atoms in total. The van der Waals surface area contributed by atoms with E-state index in [2.05, 4.69) is 0 Å². The minimum absolute atomic E-state index is 0.00682. The van der Waals surface area contributed by atoms with Crippen LogP contribution in [-0.4, -0.2) is 7.11 Å². The third-order valence-electron chi connectivity index (χ3n) is 2.77. The molecule has 106 valence electrons. The van der Waals surface area contributed by atoms with Crippen LogP contribution >= 0.6 is 11.6 Å². The first kappa shape index (κ1) is 14.7. The molecule has 6 heteroatoms. The highest BCUT2D eigenvalue weighted by Crippen LogP contribution is 2.32. The van der Waals surface area contributed by atoms with Crippen LogP contribution in [0.5, 0.6) is 5.75 Å². The Kier molecular flexibility index (Phi) is 4.18. The maximum atomic E-state index is 13.6. The number of hydrogen-bond acceptors (Lipinski definition) is 1. The summed E-state index contributed by atoms with van der Waals surface area (Å²) in [5.74, 6) is -4.90. The van der Waals surface area contributed by atoms with E-state index in [0.29, 0.717) is 0 Å². The van der Waals surface area contributed by atoms with E-state index < -0.39 is 28.6 Å². The molecule has 0 aliphatic carbocycles. The Balaban J connectivity index is 2.41. The van der Waals surface area contributed by atoms with Crippen molar-refractivity contribution >= 4 is 11.6 Å². The minimum atomic E-state index is -1.57. The number of hydrogen-bond donors (Lipinski definition) is 0. The lowest BCUT2D eigenvalue weighted by molar-refractivity contribution is 0.386. The van der Waals surface area contributed by atoms with Crippen molar-refractivity contribution in [3.8, 4) is 5.75 Å². The van der Waals surface area contributed by atoms with Gasteiger partial charge in [-0.05, 0) is 35.4 Å². The van der Waals surface area contributed by atoms with Crippen LogP contribution in [0.4, 0.5) is 17.6 Å². The molecule has 0 aromatic heterocycles. The van der Waals surface area contributed by atoms with Crippen LogP contribution in [0.3, 0.4) is 0 Å². The third-order valence-corrected chi connectivity index (χ3v) is 3.27. The largest absolute Gasteiger partial charge is 0.494 e. The van der Waals surface area contributed by atoms with Crippen LogP contribution < -0.4 is 4.74 Å². The summed E-state index contributed by atoms with van der Waals surface area (Å²) in [5, 5.41) is -1.01. The Morgan fingerprint density at radius 3 is 1.95 bits per heavy atom. The van der Waals surface area contributed by atoms with Gasteiger partial charge in [0.05, 0.1) is 12.5 Å². The van der Waals surface area contributed by atoms with Crippen molar-refractivity contribution in [2.75, 3.05) is 7.11 Å². The molecule has 0 heterocycles. The molecule has 0 aliphatic rings.